The van der Waals surface area contributed by atoms with Crippen molar-refractivity contribution in [2.75, 3.05) is 7.11 Å². The van der Waals surface area contributed by atoms with Crippen molar-refractivity contribution in [1.82, 2.24) is 0 Å². The van der Waals surface area contributed by atoms with Crippen molar-refractivity contribution in [3.8, 4) is 0 Å². The van der Waals surface area contributed by atoms with Crippen LogP contribution in [0.1, 0.15) is 0 Å². The van der Waals surface area contributed by atoms with Gasteiger partial charge < -0.3 is 4.74 Å². The highest BCUT2D eigenvalue weighted by Crippen LogP contribution is 2.17. The highest BCUT2D eigenvalue weighted by atomic mass is 35.5. The third-order valence-corrected chi connectivity index (χ3v) is 1.68. The van der Waals surface area contributed by atoms with Crippen molar-refractivity contribution in [2.45, 2.75) is 5.50 Å². The Hall–Kier alpha value is -0.830. The predicted octanol–water partition coefficient (Wildman–Crippen LogP) is 0.963. The summed E-state index contributed by atoms with van der Waals surface area (Å²) in [4.78, 5) is 17.6. The molecule has 4 nitrogen and oxygen atoms in total. The van der Waals surface area contributed by atoms with Gasteiger partial charge in [0, 0.05) is 0 Å². The lowest BCUT2D eigenvalue weighted by Gasteiger charge is -2.12. The number of nitrogens with zero attached hydrogens (tertiary/aromatic N) is 2. The maximum atomic E-state index is 10.3. The van der Waals surface area contributed by atoms with E-state index in [-0.39, 0.29) is 16.8 Å². The number of aliphatic imine (C=N–C) groups is 2. The van der Waals surface area contributed by atoms with Crippen LogP contribution in [0, 0.1) is 0 Å². The van der Waals surface area contributed by atoms with Crippen LogP contribution in [-0.2, 0) is 9.53 Å². The minimum Gasteiger partial charge on any atom is -0.480 e. The van der Waals surface area contributed by atoms with Gasteiger partial charge in [-0.15, -0.1) is 0 Å². The molecular formula is C6H4Cl2N2O2. The van der Waals surface area contributed by atoms with Gasteiger partial charge in [-0.25, -0.2) is 9.79 Å². The van der Waals surface area contributed by atoms with Crippen molar-refractivity contribution >= 4 is 40.3 Å². The number of alkyl halides is 1. The Morgan fingerprint density at radius 2 is 2.33 bits per heavy atom. The number of halogens is 2. The van der Waals surface area contributed by atoms with Gasteiger partial charge in [0.25, 0.3) is 0 Å². The van der Waals surface area contributed by atoms with Gasteiger partial charge in [0.15, 0.2) is 5.50 Å². The van der Waals surface area contributed by atoms with Crippen LogP contribution in [0.25, 0.3) is 0 Å². The van der Waals surface area contributed by atoms with Crippen molar-refractivity contribution in [3.05, 3.63) is 5.57 Å². The first-order valence-corrected chi connectivity index (χ1v) is 3.76. The van der Waals surface area contributed by atoms with Crippen LogP contribution in [0.5, 0.6) is 0 Å². The van der Waals surface area contributed by atoms with Crippen LogP contribution in [0.2, 0.25) is 0 Å². The number of methoxy groups -OCH3 is 1. The summed E-state index contributed by atoms with van der Waals surface area (Å²) < 4.78 is 4.74. The van der Waals surface area contributed by atoms with E-state index < -0.39 is 5.50 Å². The SMILES string of the molecule is COC1=NC(Cl)=NC(Cl)C1=C=O. The lowest BCUT2D eigenvalue weighted by atomic mass is 10.3. The minimum atomic E-state index is -0.859. The zero-order valence-electron chi connectivity index (χ0n) is 6.04. The number of rotatable bonds is 0. The first-order chi connectivity index (χ1) is 5.69. The standard InChI is InChI=1S/C6H4Cl2N2O2/c1-12-5-3(2-11)4(7)9-6(8)10-5/h4H,1H3. The summed E-state index contributed by atoms with van der Waals surface area (Å²) in [6.07, 6.45) is 0. The molecule has 1 atom stereocenters. The topological polar surface area (TPSA) is 51.0 Å². The summed E-state index contributed by atoms with van der Waals surface area (Å²) in [7, 11) is 1.36. The van der Waals surface area contributed by atoms with E-state index in [1.807, 2.05) is 0 Å². The highest BCUT2D eigenvalue weighted by molar-refractivity contribution is 6.66. The second kappa shape index (κ2) is 3.72. The van der Waals surface area contributed by atoms with E-state index in [0.717, 1.165) is 0 Å². The van der Waals surface area contributed by atoms with Crippen LogP contribution in [0.15, 0.2) is 15.6 Å². The van der Waals surface area contributed by atoms with Gasteiger partial charge in [0.05, 0.1) is 7.11 Å². The number of hydrogen-bond donors (Lipinski definition) is 0. The average molecular weight is 207 g/mol. The maximum absolute atomic E-state index is 10.3. The molecule has 0 N–H and O–H groups in total. The molecule has 6 heteroatoms. The smallest absolute Gasteiger partial charge is 0.234 e. The van der Waals surface area contributed by atoms with E-state index in [2.05, 4.69) is 9.98 Å². The van der Waals surface area contributed by atoms with Gasteiger partial charge in [-0.3, -0.25) is 0 Å². The lowest BCUT2D eigenvalue weighted by Crippen LogP contribution is -2.20. The molecule has 0 aromatic rings. The number of amidine groups is 1. The Labute approximate surface area is 78.5 Å². The molecule has 12 heavy (non-hydrogen) atoms. The second-order valence-corrected chi connectivity index (χ2v) is 2.62. The summed E-state index contributed by atoms with van der Waals surface area (Å²) in [6.45, 7) is 0. The van der Waals surface area contributed by atoms with Crippen molar-refractivity contribution in [2.24, 2.45) is 9.98 Å². The largest absolute Gasteiger partial charge is 0.480 e. The molecule has 64 valence electrons. The highest BCUT2D eigenvalue weighted by Gasteiger charge is 2.23. The summed E-state index contributed by atoms with van der Waals surface area (Å²) in [5.41, 5.74) is -0.800. The van der Waals surface area contributed by atoms with Crippen LogP contribution in [0.4, 0.5) is 0 Å². The fourth-order valence-corrected chi connectivity index (χ4v) is 1.14. The van der Waals surface area contributed by atoms with Crippen molar-refractivity contribution < 1.29 is 9.53 Å². The lowest BCUT2D eigenvalue weighted by molar-refractivity contribution is 0.402. The second-order valence-electron chi connectivity index (χ2n) is 1.87. The molecule has 0 aliphatic carbocycles. The molecule has 1 heterocycles. The molecule has 0 aromatic heterocycles. The first kappa shape index (κ1) is 9.26. The number of carbonyl (C=O) groups excluding carboxylic acids is 1. The van der Waals surface area contributed by atoms with Gasteiger partial charge in [0.1, 0.15) is 11.5 Å². The average Bonchev–Trinajstić information content (AvgIpc) is 2.03. The van der Waals surface area contributed by atoms with E-state index in [9.17, 15) is 4.79 Å². The third kappa shape index (κ3) is 1.67. The molecule has 0 saturated heterocycles. The van der Waals surface area contributed by atoms with E-state index in [1.165, 1.54) is 7.11 Å². The monoisotopic (exact) mass is 206 g/mol. The quantitative estimate of drug-likeness (QED) is 0.337. The molecule has 0 spiro atoms. The van der Waals surface area contributed by atoms with Gasteiger partial charge >= 0.3 is 0 Å². The predicted molar refractivity (Wildman–Crippen MR) is 46.6 cm³/mol. The molecule has 1 aliphatic rings. The van der Waals surface area contributed by atoms with E-state index in [1.54, 1.807) is 5.94 Å². The Balaban J connectivity index is 3.09. The Bertz CT molecular complexity index is 305. The van der Waals surface area contributed by atoms with Crippen LogP contribution >= 0.6 is 23.2 Å². The zero-order valence-corrected chi connectivity index (χ0v) is 7.56. The molecule has 1 aliphatic heterocycles. The fourth-order valence-electron chi connectivity index (χ4n) is 0.681. The van der Waals surface area contributed by atoms with Crippen LogP contribution in [-0.4, -0.2) is 29.7 Å². The molecule has 0 aromatic carbocycles. The van der Waals surface area contributed by atoms with Crippen LogP contribution in [0.3, 0.4) is 0 Å². The van der Waals surface area contributed by atoms with Crippen molar-refractivity contribution in [1.29, 1.82) is 0 Å². The maximum Gasteiger partial charge on any atom is 0.234 e. The summed E-state index contributed by atoms with van der Waals surface area (Å²) in [5.74, 6) is 1.65. The Morgan fingerprint density at radius 1 is 1.67 bits per heavy atom. The molecular weight excluding hydrogens is 203 g/mol. The molecule has 0 saturated carbocycles. The van der Waals surface area contributed by atoms with Gasteiger partial charge in [-0.05, 0) is 11.6 Å². The normalized spacial score (nSPS) is 22.6. The summed E-state index contributed by atoms with van der Waals surface area (Å²) in [5, 5.41) is -0.0362. The number of hydrogen-bond acceptors (Lipinski definition) is 4. The molecule has 0 fully saturated rings. The molecule has 0 radical (unpaired) electrons. The fraction of sp³-hybridized carbons (Fsp3) is 0.333. The summed E-state index contributed by atoms with van der Waals surface area (Å²) in [6, 6.07) is 0. The molecule has 0 amide bonds. The zero-order chi connectivity index (χ0) is 9.14. The van der Waals surface area contributed by atoms with Gasteiger partial charge in [-0.1, -0.05) is 11.6 Å². The van der Waals surface area contributed by atoms with Gasteiger partial charge in [0.2, 0.25) is 11.2 Å². The molecule has 1 unspecified atom stereocenters. The first-order valence-electron chi connectivity index (χ1n) is 2.94. The van der Waals surface area contributed by atoms with E-state index in [0.29, 0.717) is 0 Å². The van der Waals surface area contributed by atoms with E-state index in [4.69, 9.17) is 27.9 Å². The van der Waals surface area contributed by atoms with Crippen molar-refractivity contribution in [3.63, 3.8) is 0 Å². The number of ether oxygens (including phenoxy) is 1. The summed E-state index contributed by atoms with van der Waals surface area (Å²) >= 11 is 11.1. The molecule has 0 bridgehead atoms. The third-order valence-electron chi connectivity index (χ3n) is 1.19. The van der Waals surface area contributed by atoms with E-state index >= 15 is 0 Å². The Kier molecular flexibility index (Phi) is 2.87. The van der Waals surface area contributed by atoms with Crippen LogP contribution < -0.4 is 0 Å². The Morgan fingerprint density at radius 3 is 2.83 bits per heavy atom. The minimum absolute atomic E-state index is 0.0362. The molecule has 1 rings (SSSR count). The van der Waals surface area contributed by atoms with Gasteiger partial charge in [-0.2, -0.15) is 4.99 Å².